The van der Waals surface area contributed by atoms with Crippen molar-refractivity contribution in [3.63, 3.8) is 0 Å². The van der Waals surface area contributed by atoms with E-state index < -0.39 is 0 Å². The largest absolute Gasteiger partial charge is 0.328 e. The molecule has 1 atom stereocenters. The molecule has 0 saturated carbocycles. The summed E-state index contributed by atoms with van der Waals surface area (Å²) in [4.78, 5) is 0. The van der Waals surface area contributed by atoms with Gasteiger partial charge in [-0.2, -0.15) is 5.26 Å². The Morgan fingerprint density at radius 2 is 2.31 bits per heavy atom. The van der Waals surface area contributed by atoms with E-state index in [2.05, 4.69) is 6.07 Å². The van der Waals surface area contributed by atoms with Gasteiger partial charge in [0.15, 0.2) is 0 Å². The van der Waals surface area contributed by atoms with Crippen LogP contribution in [-0.2, 0) is 6.42 Å². The summed E-state index contributed by atoms with van der Waals surface area (Å²) in [6, 6.07) is 7.35. The second-order valence-corrected chi connectivity index (χ2v) is 3.51. The van der Waals surface area contributed by atoms with Crippen molar-refractivity contribution in [3.05, 3.63) is 34.3 Å². The second-order valence-electron chi connectivity index (χ2n) is 3.10. The molecule has 0 spiro atoms. The molecule has 0 bridgehead atoms. The smallest absolute Gasteiger partial charge is 0.0991 e. The Balaban J connectivity index is 2.99. The van der Waals surface area contributed by atoms with Gasteiger partial charge in [0, 0.05) is 11.1 Å². The number of benzene rings is 1. The lowest BCUT2D eigenvalue weighted by molar-refractivity contribution is 0.738. The topological polar surface area (TPSA) is 49.8 Å². The van der Waals surface area contributed by atoms with E-state index in [4.69, 9.17) is 22.6 Å². The maximum atomic E-state index is 8.66. The number of nitriles is 1. The molecule has 0 aromatic heterocycles. The summed E-state index contributed by atoms with van der Waals surface area (Å²) in [5.41, 5.74) is 7.21. The van der Waals surface area contributed by atoms with Crippen LogP contribution in [0.25, 0.3) is 0 Å². The average Bonchev–Trinajstić information content (AvgIpc) is 2.08. The van der Waals surface area contributed by atoms with Gasteiger partial charge in [-0.3, -0.25) is 0 Å². The van der Waals surface area contributed by atoms with Crippen molar-refractivity contribution in [3.8, 4) is 6.07 Å². The first kappa shape index (κ1) is 10.0. The van der Waals surface area contributed by atoms with Crippen molar-refractivity contribution >= 4 is 11.6 Å². The SMILES string of the molecule is C[C@H](N)Cc1cc(C#N)ccc1Cl. The summed E-state index contributed by atoms with van der Waals surface area (Å²) < 4.78 is 0. The second kappa shape index (κ2) is 4.27. The summed E-state index contributed by atoms with van der Waals surface area (Å²) in [5, 5.41) is 9.34. The Kier molecular flexibility index (Phi) is 3.30. The number of rotatable bonds is 2. The van der Waals surface area contributed by atoms with Gasteiger partial charge in [-0.25, -0.2) is 0 Å². The number of nitrogens with zero attached hydrogens (tertiary/aromatic N) is 1. The lowest BCUT2D eigenvalue weighted by atomic mass is 10.1. The molecule has 68 valence electrons. The first-order valence-electron chi connectivity index (χ1n) is 4.07. The van der Waals surface area contributed by atoms with Crippen molar-refractivity contribution in [1.82, 2.24) is 0 Å². The van der Waals surface area contributed by atoms with Crippen LogP contribution in [0.4, 0.5) is 0 Å². The molecule has 2 nitrogen and oxygen atoms in total. The molecule has 0 aliphatic carbocycles. The highest BCUT2D eigenvalue weighted by Crippen LogP contribution is 2.18. The molecule has 0 aliphatic rings. The van der Waals surface area contributed by atoms with E-state index in [0.717, 1.165) is 5.56 Å². The predicted octanol–water partition coefficient (Wildman–Crippen LogP) is 2.10. The van der Waals surface area contributed by atoms with Gasteiger partial charge >= 0.3 is 0 Å². The fraction of sp³-hybridized carbons (Fsp3) is 0.300. The van der Waals surface area contributed by atoms with Crippen molar-refractivity contribution in [2.75, 3.05) is 0 Å². The van der Waals surface area contributed by atoms with Crippen LogP contribution >= 0.6 is 11.6 Å². The Labute approximate surface area is 82.9 Å². The fourth-order valence-corrected chi connectivity index (χ4v) is 1.34. The van der Waals surface area contributed by atoms with E-state index in [9.17, 15) is 0 Å². The first-order valence-corrected chi connectivity index (χ1v) is 4.45. The van der Waals surface area contributed by atoms with Crippen LogP contribution in [0.1, 0.15) is 18.1 Å². The van der Waals surface area contributed by atoms with E-state index in [1.807, 2.05) is 6.92 Å². The Morgan fingerprint density at radius 3 is 2.85 bits per heavy atom. The molecule has 0 amide bonds. The van der Waals surface area contributed by atoms with Gasteiger partial charge in [0.25, 0.3) is 0 Å². The summed E-state index contributed by atoms with van der Waals surface area (Å²) in [7, 11) is 0. The number of nitrogens with two attached hydrogens (primary N) is 1. The van der Waals surface area contributed by atoms with Gasteiger partial charge < -0.3 is 5.73 Å². The van der Waals surface area contributed by atoms with Gasteiger partial charge in [-0.1, -0.05) is 11.6 Å². The van der Waals surface area contributed by atoms with E-state index in [0.29, 0.717) is 17.0 Å². The number of halogens is 1. The van der Waals surface area contributed by atoms with Gasteiger partial charge in [0.2, 0.25) is 0 Å². The molecule has 1 rings (SSSR count). The van der Waals surface area contributed by atoms with Crippen molar-refractivity contribution < 1.29 is 0 Å². The third kappa shape index (κ3) is 2.73. The molecule has 3 heteroatoms. The van der Waals surface area contributed by atoms with Crippen LogP contribution in [0.15, 0.2) is 18.2 Å². The average molecular weight is 195 g/mol. The first-order chi connectivity index (χ1) is 6.13. The van der Waals surface area contributed by atoms with E-state index in [1.165, 1.54) is 0 Å². The Morgan fingerprint density at radius 1 is 1.62 bits per heavy atom. The van der Waals surface area contributed by atoms with Crippen molar-refractivity contribution in [2.24, 2.45) is 5.73 Å². The standard InChI is InChI=1S/C10H11ClN2/c1-7(13)4-9-5-8(6-12)2-3-10(9)11/h2-3,5,7H,4,13H2,1H3/t7-/m0/s1. The highest BCUT2D eigenvalue weighted by molar-refractivity contribution is 6.31. The number of hydrogen-bond donors (Lipinski definition) is 1. The summed E-state index contributed by atoms with van der Waals surface area (Å²) in [6.45, 7) is 1.91. The van der Waals surface area contributed by atoms with Crippen molar-refractivity contribution in [2.45, 2.75) is 19.4 Å². The molecule has 1 aromatic carbocycles. The highest BCUT2D eigenvalue weighted by atomic mass is 35.5. The lowest BCUT2D eigenvalue weighted by Crippen LogP contribution is -2.18. The van der Waals surface area contributed by atoms with Crippen LogP contribution < -0.4 is 5.73 Å². The molecule has 0 fully saturated rings. The zero-order valence-corrected chi connectivity index (χ0v) is 8.17. The van der Waals surface area contributed by atoms with E-state index in [-0.39, 0.29) is 6.04 Å². The minimum atomic E-state index is 0.0615. The summed E-state index contributed by atoms with van der Waals surface area (Å²) >= 11 is 5.93. The van der Waals surface area contributed by atoms with Crippen LogP contribution in [0.3, 0.4) is 0 Å². The third-order valence-electron chi connectivity index (χ3n) is 1.72. The minimum absolute atomic E-state index is 0.0615. The Hall–Kier alpha value is -1.04. The monoisotopic (exact) mass is 194 g/mol. The molecule has 2 N–H and O–H groups in total. The molecule has 1 aromatic rings. The Bertz CT molecular complexity index is 339. The maximum Gasteiger partial charge on any atom is 0.0991 e. The van der Waals surface area contributed by atoms with Gasteiger partial charge in [0.05, 0.1) is 11.6 Å². The lowest BCUT2D eigenvalue weighted by Gasteiger charge is -2.07. The van der Waals surface area contributed by atoms with Crippen LogP contribution in [0.5, 0.6) is 0 Å². The highest BCUT2D eigenvalue weighted by Gasteiger charge is 2.04. The van der Waals surface area contributed by atoms with Crippen molar-refractivity contribution in [1.29, 1.82) is 5.26 Å². The molecule has 13 heavy (non-hydrogen) atoms. The molecule has 0 aliphatic heterocycles. The predicted molar refractivity (Wildman–Crippen MR) is 53.5 cm³/mol. The van der Waals surface area contributed by atoms with Gasteiger partial charge in [-0.05, 0) is 37.1 Å². The molecule has 0 heterocycles. The molecule has 0 saturated heterocycles. The fourth-order valence-electron chi connectivity index (χ4n) is 1.15. The van der Waals surface area contributed by atoms with E-state index >= 15 is 0 Å². The summed E-state index contributed by atoms with van der Waals surface area (Å²) in [5.74, 6) is 0. The third-order valence-corrected chi connectivity index (χ3v) is 2.09. The molecular formula is C10H11ClN2. The molecule has 0 unspecified atom stereocenters. The zero-order chi connectivity index (χ0) is 9.84. The van der Waals surface area contributed by atoms with E-state index in [1.54, 1.807) is 18.2 Å². The molecule has 0 radical (unpaired) electrons. The number of hydrogen-bond acceptors (Lipinski definition) is 2. The quantitative estimate of drug-likeness (QED) is 0.784. The van der Waals surface area contributed by atoms with Gasteiger partial charge in [-0.15, -0.1) is 0 Å². The maximum absolute atomic E-state index is 8.66. The van der Waals surface area contributed by atoms with Crippen LogP contribution in [0, 0.1) is 11.3 Å². The van der Waals surface area contributed by atoms with Crippen LogP contribution in [-0.4, -0.2) is 6.04 Å². The minimum Gasteiger partial charge on any atom is -0.328 e. The molecular weight excluding hydrogens is 184 g/mol. The summed E-state index contributed by atoms with van der Waals surface area (Å²) in [6.07, 6.45) is 0.703. The van der Waals surface area contributed by atoms with Crippen LogP contribution in [0.2, 0.25) is 5.02 Å². The van der Waals surface area contributed by atoms with Gasteiger partial charge in [0.1, 0.15) is 0 Å². The normalized spacial score (nSPS) is 12.2. The zero-order valence-electron chi connectivity index (χ0n) is 7.42.